The minimum atomic E-state index is 0.595. The number of hydrogen-bond donors (Lipinski definition) is 2. The summed E-state index contributed by atoms with van der Waals surface area (Å²) in [5, 5.41) is 0. The highest BCUT2D eigenvalue weighted by Gasteiger charge is 2.30. The lowest BCUT2D eigenvalue weighted by Gasteiger charge is -2.32. The van der Waals surface area contributed by atoms with Crippen LogP contribution >= 0.6 is 0 Å². The monoisotopic (exact) mass is 292 g/mol. The molecule has 0 bridgehead atoms. The summed E-state index contributed by atoms with van der Waals surface area (Å²) >= 11 is 0. The second-order valence-electron chi connectivity index (χ2n) is 5.75. The Balaban J connectivity index is 1.75. The zero-order valence-electron chi connectivity index (χ0n) is 12.8. The van der Waals surface area contributed by atoms with Gasteiger partial charge in [0.2, 0.25) is 0 Å². The van der Waals surface area contributed by atoms with Gasteiger partial charge in [0.05, 0.1) is 13.2 Å². The van der Waals surface area contributed by atoms with Gasteiger partial charge in [-0.2, -0.15) is 0 Å². The Labute approximate surface area is 125 Å². The first-order chi connectivity index (χ1) is 10.2. The van der Waals surface area contributed by atoms with Gasteiger partial charge >= 0.3 is 0 Å². The summed E-state index contributed by atoms with van der Waals surface area (Å²) in [4.78, 5) is 13.8. The van der Waals surface area contributed by atoms with Crippen LogP contribution in [0.15, 0.2) is 0 Å². The Morgan fingerprint density at radius 2 is 1.95 bits per heavy atom. The fraction of sp³-hybridized carbons (Fsp3) is 0.714. The first-order valence-corrected chi connectivity index (χ1v) is 7.57. The van der Waals surface area contributed by atoms with Gasteiger partial charge in [-0.15, -0.1) is 0 Å². The van der Waals surface area contributed by atoms with Crippen molar-refractivity contribution in [2.45, 2.75) is 26.3 Å². The largest absolute Gasteiger partial charge is 0.379 e. The lowest BCUT2D eigenvalue weighted by Crippen LogP contribution is -2.44. The second kappa shape index (κ2) is 6.13. The molecule has 2 aliphatic heterocycles. The maximum atomic E-state index is 5.55. The molecule has 2 fully saturated rings. The number of nitrogen functional groups attached to an aromatic ring is 1. The minimum absolute atomic E-state index is 0.595. The number of nitrogens with zero attached hydrogens (tertiary/aromatic N) is 4. The SMILES string of the molecule is Cc1nc(NN)c(C)c(N2CCC(N3CCOCC3)C2)n1. The molecule has 3 heterocycles. The molecule has 0 aromatic carbocycles. The average molecular weight is 292 g/mol. The van der Waals surface area contributed by atoms with E-state index in [9.17, 15) is 0 Å². The van der Waals surface area contributed by atoms with Gasteiger partial charge in [0, 0.05) is 37.8 Å². The Morgan fingerprint density at radius 1 is 1.19 bits per heavy atom. The number of morpholine rings is 1. The summed E-state index contributed by atoms with van der Waals surface area (Å²) in [6.45, 7) is 9.74. The molecule has 2 aliphatic rings. The van der Waals surface area contributed by atoms with Crippen molar-refractivity contribution >= 4 is 11.6 Å². The highest BCUT2D eigenvalue weighted by molar-refractivity contribution is 5.58. The van der Waals surface area contributed by atoms with Crippen LogP contribution in [0.2, 0.25) is 0 Å². The van der Waals surface area contributed by atoms with Crippen LogP contribution in [0, 0.1) is 13.8 Å². The zero-order chi connectivity index (χ0) is 14.8. The maximum absolute atomic E-state index is 5.55. The molecular weight excluding hydrogens is 268 g/mol. The molecule has 3 N–H and O–H groups in total. The summed E-state index contributed by atoms with van der Waals surface area (Å²) in [7, 11) is 0. The summed E-state index contributed by atoms with van der Waals surface area (Å²) < 4.78 is 5.44. The third-order valence-electron chi connectivity index (χ3n) is 4.39. The third kappa shape index (κ3) is 2.95. The van der Waals surface area contributed by atoms with Gasteiger partial charge in [0.15, 0.2) is 0 Å². The molecule has 3 rings (SSSR count). The molecular formula is C14H24N6O. The topological polar surface area (TPSA) is 79.5 Å². The van der Waals surface area contributed by atoms with E-state index in [4.69, 9.17) is 10.6 Å². The fourth-order valence-corrected chi connectivity index (χ4v) is 3.24. The zero-order valence-corrected chi connectivity index (χ0v) is 12.8. The minimum Gasteiger partial charge on any atom is -0.379 e. The molecule has 1 atom stereocenters. The lowest BCUT2D eigenvalue weighted by molar-refractivity contribution is 0.0209. The molecule has 0 amide bonds. The smallest absolute Gasteiger partial charge is 0.148 e. The maximum Gasteiger partial charge on any atom is 0.148 e. The van der Waals surface area contributed by atoms with Crippen LogP contribution in [0.3, 0.4) is 0 Å². The molecule has 0 saturated carbocycles. The number of hydrazine groups is 1. The van der Waals surface area contributed by atoms with Crippen molar-refractivity contribution in [3.63, 3.8) is 0 Å². The fourth-order valence-electron chi connectivity index (χ4n) is 3.24. The second-order valence-corrected chi connectivity index (χ2v) is 5.75. The number of anilines is 2. The summed E-state index contributed by atoms with van der Waals surface area (Å²) in [6, 6.07) is 0.595. The predicted octanol–water partition coefficient (Wildman–Crippen LogP) is 0.290. The number of aryl methyl sites for hydroxylation is 1. The van der Waals surface area contributed by atoms with E-state index in [0.717, 1.165) is 56.6 Å². The number of ether oxygens (including phenoxy) is 1. The van der Waals surface area contributed by atoms with E-state index in [0.29, 0.717) is 11.9 Å². The number of rotatable bonds is 3. The van der Waals surface area contributed by atoms with Gasteiger partial charge in [-0.05, 0) is 20.3 Å². The van der Waals surface area contributed by atoms with E-state index in [1.807, 2.05) is 13.8 Å². The van der Waals surface area contributed by atoms with E-state index in [2.05, 4.69) is 25.2 Å². The molecule has 1 aromatic heterocycles. The first-order valence-electron chi connectivity index (χ1n) is 7.57. The van der Waals surface area contributed by atoms with Crippen LogP contribution in [-0.2, 0) is 4.74 Å². The van der Waals surface area contributed by atoms with Gasteiger partial charge in [0.25, 0.3) is 0 Å². The first kappa shape index (κ1) is 14.5. The van der Waals surface area contributed by atoms with Gasteiger partial charge in [-0.25, -0.2) is 15.8 Å². The quantitative estimate of drug-likeness (QED) is 0.612. The molecule has 7 heteroatoms. The van der Waals surface area contributed by atoms with E-state index in [-0.39, 0.29) is 0 Å². The number of aromatic nitrogens is 2. The molecule has 0 radical (unpaired) electrons. The van der Waals surface area contributed by atoms with Crippen molar-refractivity contribution in [2.24, 2.45) is 5.84 Å². The van der Waals surface area contributed by atoms with E-state index in [1.165, 1.54) is 6.42 Å². The van der Waals surface area contributed by atoms with Crippen LogP contribution in [-0.4, -0.2) is 60.3 Å². The van der Waals surface area contributed by atoms with Gasteiger partial charge in [0.1, 0.15) is 17.5 Å². The van der Waals surface area contributed by atoms with E-state index >= 15 is 0 Å². The molecule has 0 spiro atoms. The van der Waals surface area contributed by atoms with Crippen molar-refractivity contribution < 1.29 is 4.74 Å². The summed E-state index contributed by atoms with van der Waals surface area (Å²) in [5.74, 6) is 8.02. The van der Waals surface area contributed by atoms with Crippen LogP contribution < -0.4 is 16.2 Å². The van der Waals surface area contributed by atoms with Crippen molar-refractivity contribution in [3.05, 3.63) is 11.4 Å². The van der Waals surface area contributed by atoms with Crippen molar-refractivity contribution in [1.29, 1.82) is 0 Å². The Bertz CT molecular complexity index is 502. The highest BCUT2D eigenvalue weighted by atomic mass is 16.5. The van der Waals surface area contributed by atoms with Gasteiger partial charge in [-0.1, -0.05) is 0 Å². The molecule has 2 saturated heterocycles. The molecule has 1 unspecified atom stereocenters. The highest BCUT2D eigenvalue weighted by Crippen LogP contribution is 2.27. The molecule has 7 nitrogen and oxygen atoms in total. The summed E-state index contributed by atoms with van der Waals surface area (Å²) in [5.41, 5.74) is 3.69. The standard InChI is InChI=1S/C14H24N6O/c1-10-13(18-15)16-11(2)17-14(10)20-4-3-12(9-20)19-5-7-21-8-6-19/h12H,3-9,15H2,1-2H3,(H,16,17,18). The lowest BCUT2D eigenvalue weighted by atomic mass is 10.2. The van der Waals surface area contributed by atoms with Gasteiger partial charge < -0.3 is 15.1 Å². The molecule has 116 valence electrons. The molecule has 1 aromatic rings. The number of nitrogens with one attached hydrogen (secondary N) is 1. The van der Waals surface area contributed by atoms with Crippen molar-refractivity contribution in [2.75, 3.05) is 49.7 Å². The third-order valence-corrected chi connectivity index (χ3v) is 4.39. The predicted molar refractivity (Wildman–Crippen MR) is 82.3 cm³/mol. The summed E-state index contributed by atoms with van der Waals surface area (Å²) in [6.07, 6.45) is 1.17. The van der Waals surface area contributed by atoms with Gasteiger partial charge in [-0.3, -0.25) is 4.90 Å². The van der Waals surface area contributed by atoms with Crippen molar-refractivity contribution in [3.8, 4) is 0 Å². The molecule has 21 heavy (non-hydrogen) atoms. The van der Waals surface area contributed by atoms with E-state index in [1.54, 1.807) is 0 Å². The molecule has 0 aliphatic carbocycles. The van der Waals surface area contributed by atoms with Crippen LogP contribution in [0.4, 0.5) is 11.6 Å². The van der Waals surface area contributed by atoms with Crippen LogP contribution in [0.25, 0.3) is 0 Å². The van der Waals surface area contributed by atoms with E-state index < -0.39 is 0 Å². The normalized spacial score (nSPS) is 23.6. The number of hydrogen-bond acceptors (Lipinski definition) is 7. The Hall–Kier alpha value is -1.44. The van der Waals surface area contributed by atoms with Crippen LogP contribution in [0.5, 0.6) is 0 Å². The Kier molecular flexibility index (Phi) is 4.23. The number of nitrogens with two attached hydrogens (primary N) is 1. The average Bonchev–Trinajstić information content (AvgIpc) is 3.00. The Morgan fingerprint density at radius 3 is 2.67 bits per heavy atom. The van der Waals surface area contributed by atoms with Crippen molar-refractivity contribution in [1.82, 2.24) is 14.9 Å². The van der Waals surface area contributed by atoms with Crippen LogP contribution in [0.1, 0.15) is 17.8 Å².